The van der Waals surface area contributed by atoms with Gasteiger partial charge in [-0.25, -0.2) is 0 Å². The van der Waals surface area contributed by atoms with Crippen LogP contribution in [0.15, 0.2) is 33.8 Å². The van der Waals surface area contributed by atoms with E-state index in [0.29, 0.717) is 5.92 Å². The average molecular weight is 357 g/mol. The maximum Gasteiger partial charge on any atom is 0.191 e. The van der Waals surface area contributed by atoms with Crippen molar-refractivity contribution in [3.05, 3.63) is 52.4 Å². The van der Waals surface area contributed by atoms with Crippen molar-refractivity contribution in [3.63, 3.8) is 0 Å². The third-order valence-electron chi connectivity index (χ3n) is 4.56. The fourth-order valence-corrected chi connectivity index (χ4v) is 2.98. The number of guanidine groups is 1. The van der Waals surface area contributed by atoms with Crippen molar-refractivity contribution in [1.82, 2.24) is 15.8 Å². The molecule has 1 aromatic carbocycles. The lowest BCUT2D eigenvalue weighted by molar-refractivity contribution is 0.392. The summed E-state index contributed by atoms with van der Waals surface area (Å²) in [6, 6.07) is 8.66. The van der Waals surface area contributed by atoms with Crippen molar-refractivity contribution in [3.8, 4) is 0 Å². The highest BCUT2D eigenvalue weighted by Crippen LogP contribution is 2.16. The molecule has 5 heteroatoms. The SMILES string of the molecule is CCNC(=NCC(C)c1cccc(C)c1)NCCCc1c(C)noc1C. The van der Waals surface area contributed by atoms with Gasteiger partial charge in [-0.05, 0) is 46.1 Å². The summed E-state index contributed by atoms with van der Waals surface area (Å²) >= 11 is 0. The monoisotopic (exact) mass is 356 g/mol. The average Bonchev–Trinajstić information content (AvgIpc) is 2.94. The first kappa shape index (κ1) is 20.0. The van der Waals surface area contributed by atoms with Gasteiger partial charge in [0.15, 0.2) is 5.96 Å². The van der Waals surface area contributed by atoms with Crippen molar-refractivity contribution in [2.45, 2.75) is 53.4 Å². The second-order valence-electron chi connectivity index (χ2n) is 6.87. The number of benzene rings is 1. The summed E-state index contributed by atoms with van der Waals surface area (Å²) in [6.07, 6.45) is 1.98. The molecule has 0 bridgehead atoms. The molecule has 0 amide bonds. The Morgan fingerprint density at radius 1 is 1.23 bits per heavy atom. The van der Waals surface area contributed by atoms with Crippen molar-refractivity contribution < 1.29 is 4.52 Å². The van der Waals surface area contributed by atoms with Gasteiger partial charge in [0.1, 0.15) is 5.76 Å². The van der Waals surface area contributed by atoms with Crippen LogP contribution in [0.4, 0.5) is 0 Å². The van der Waals surface area contributed by atoms with E-state index in [2.05, 4.69) is 60.8 Å². The molecule has 1 unspecified atom stereocenters. The molecular weight excluding hydrogens is 324 g/mol. The lowest BCUT2D eigenvalue weighted by atomic mass is 10.00. The molecule has 0 saturated carbocycles. The first-order valence-electron chi connectivity index (χ1n) is 9.51. The first-order valence-corrected chi connectivity index (χ1v) is 9.51. The number of nitrogens with one attached hydrogen (secondary N) is 2. The standard InChI is InChI=1S/C21H32N4O/c1-6-22-21(23-12-8-11-20-17(4)25-26-18(20)5)24-14-16(3)19-10-7-9-15(2)13-19/h7,9-10,13,16H,6,8,11-12,14H2,1-5H3,(H2,22,23,24). The van der Waals surface area contributed by atoms with E-state index in [1.54, 1.807) is 0 Å². The highest BCUT2D eigenvalue weighted by molar-refractivity contribution is 5.79. The van der Waals surface area contributed by atoms with Crippen molar-refractivity contribution in [2.75, 3.05) is 19.6 Å². The highest BCUT2D eigenvalue weighted by atomic mass is 16.5. The predicted octanol–water partition coefficient (Wildman–Crippen LogP) is 3.89. The van der Waals surface area contributed by atoms with E-state index >= 15 is 0 Å². The molecule has 0 spiro atoms. The van der Waals surface area contributed by atoms with Gasteiger partial charge in [0.05, 0.1) is 5.69 Å². The quantitative estimate of drug-likeness (QED) is 0.428. The molecule has 2 aromatic rings. The van der Waals surface area contributed by atoms with Crippen molar-refractivity contribution in [1.29, 1.82) is 0 Å². The minimum atomic E-state index is 0.396. The Morgan fingerprint density at radius 3 is 2.69 bits per heavy atom. The van der Waals surface area contributed by atoms with Crippen LogP contribution in [-0.2, 0) is 6.42 Å². The van der Waals surface area contributed by atoms with Crippen molar-refractivity contribution in [2.24, 2.45) is 4.99 Å². The molecule has 2 N–H and O–H groups in total. The van der Waals surface area contributed by atoms with E-state index in [9.17, 15) is 0 Å². The predicted molar refractivity (Wildman–Crippen MR) is 108 cm³/mol. The van der Waals surface area contributed by atoms with E-state index in [0.717, 1.165) is 49.9 Å². The molecule has 1 atom stereocenters. The Bertz CT molecular complexity index is 701. The summed E-state index contributed by atoms with van der Waals surface area (Å²) in [4.78, 5) is 4.75. The number of nitrogens with zero attached hydrogens (tertiary/aromatic N) is 2. The van der Waals surface area contributed by atoms with Crippen LogP contribution < -0.4 is 10.6 Å². The van der Waals surface area contributed by atoms with Gasteiger partial charge in [-0.1, -0.05) is 41.9 Å². The molecule has 0 aliphatic rings. The first-order chi connectivity index (χ1) is 12.5. The summed E-state index contributed by atoms with van der Waals surface area (Å²) in [7, 11) is 0. The molecular formula is C21H32N4O. The number of rotatable bonds is 8. The van der Waals surface area contributed by atoms with Crippen LogP contribution in [0.1, 0.15) is 54.3 Å². The van der Waals surface area contributed by atoms with E-state index in [4.69, 9.17) is 9.52 Å². The number of aromatic nitrogens is 1. The summed E-state index contributed by atoms with van der Waals surface area (Å²) in [6.45, 7) is 12.9. The van der Waals surface area contributed by atoms with Crippen LogP contribution in [0.2, 0.25) is 0 Å². The summed E-state index contributed by atoms with van der Waals surface area (Å²) in [5.74, 6) is 2.20. The zero-order valence-electron chi connectivity index (χ0n) is 16.7. The van der Waals surface area contributed by atoms with E-state index < -0.39 is 0 Å². The lowest BCUT2D eigenvalue weighted by Gasteiger charge is -2.14. The Morgan fingerprint density at radius 2 is 2.04 bits per heavy atom. The molecule has 2 rings (SSSR count). The van der Waals surface area contributed by atoms with Gasteiger partial charge in [-0.15, -0.1) is 0 Å². The van der Waals surface area contributed by atoms with Crippen LogP contribution in [-0.4, -0.2) is 30.8 Å². The Kier molecular flexibility index (Phi) is 7.70. The molecule has 0 radical (unpaired) electrons. The zero-order valence-corrected chi connectivity index (χ0v) is 16.7. The summed E-state index contributed by atoms with van der Waals surface area (Å²) in [5.41, 5.74) is 4.85. The van der Waals surface area contributed by atoms with Crippen LogP contribution in [0, 0.1) is 20.8 Å². The smallest absolute Gasteiger partial charge is 0.191 e. The van der Waals surface area contributed by atoms with Gasteiger partial charge in [0.25, 0.3) is 0 Å². The number of aryl methyl sites for hydroxylation is 3. The molecule has 0 fully saturated rings. The number of aliphatic imine (C=N–C) groups is 1. The van der Waals surface area contributed by atoms with Crippen LogP contribution >= 0.6 is 0 Å². The molecule has 0 aliphatic carbocycles. The van der Waals surface area contributed by atoms with Gasteiger partial charge in [-0.3, -0.25) is 4.99 Å². The molecule has 0 saturated heterocycles. The Balaban J connectivity index is 1.84. The topological polar surface area (TPSA) is 62.5 Å². The van der Waals surface area contributed by atoms with Gasteiger partial charge >= 0.3 is 0 Å². The van der Waals surface area contributed by atoms with E-state index in [1.807, 2.05) is 13.8 Å². The number of hydrogen-bond donors (Lipinski definition) is 2. The molecule has 0 aliphatic heterocycles. The van der Waals surface area contributed by atoms with Gasteiger partial charge in [-0.2, -0.15) is 0 Å². The second kappa shape index (κ2) is 10.00. The third-order valence-corrected chi connectivity index (χ3v) is 4.56. The highest BCUT2D eigenvalue weighted by Gasteiger charge is 2.09. The van der Waals surface area contributed by atoms with E-state index in [1.165, 1.54) is 16.7 Å². The Hall–Kier alpha value is -2.30. The molecule has 26 heavy (non-hydrogen) atoms. The molecule has 1 heterocycles. The Labute approximate surface area is 157 Å². The third kappa shape index (κ3) is 5.90. The molecule has 5 nitrogen and oxygen atoms in total. The fourth-order valence-electron chi connectivity index (χ4n) is 2.98. The van der Waals surface area contributed by atoms with E-state index in [-0.39, 0.29) is 0 Å². The minimum absolute atomic E-state index is 0.396. The normalized spacial score (nSPS) is 12.9. The van der Waals surface area contributed by atoms with Crippen molar-refractivity contribution >= 4 is 5.96 Å². The van der Waals surface area contributed by atoms with Gasteiger partial charge in [0, 0.05) is 31.1 Å². The summed E-state index contributed by atoms with van der Waals surface area (Å²) < 4.78 is 5.22. The summed E-state index contributed by atoms with van der Waals surface area (Å²) in [5, 5.41) is 10.8. The van der Waals surface area contributed by atoms with Gasteiger partial charge in [0.2, 0.25) is 0 Å². The van der Waals surface area contributed by atoms with Crippen LogP contribution in [0.5, 0.6) is 0 Å². The van der Waals surface area contributed by atoms with Crippen LogP contribution in [0.25, 0.3) is 0 Å². The fraction of sp³-hybridized carbons (Fsp3) is 0.524. The number of hydrogen-bond acceptors (Lipinski definition) is 3. The van der Waals surface area contributed by atoms with Crippen LogP contribution in [0.3, 0.4) is 0 Å². The zero-order chi connectivity index (χ0) is 18.9. The molecule has 142 valence electrons. The minimum Gasteiger partial charge on any atom is -0.361 e. The molecule has 1 aromatic heterocycles. The largest absolute Gasteiger partial charge is 0.361 e. The van der Waals surface area contributed by atoms with Gasteiger partial charge < -0.3 is 15.2 Å². The maximum absolute atomic E-state index is 5.22. The lowest BCUT2D eigenvalue weighted by Crippen LogP contribution is -2.38. The second-order valence-corrected chi connectivity index (χ2v) is 6.87. The maximum atomic E-state index is 5.22.